The maximum Gasteiger partial charge on any atom is 0.330 e. The number of nitrogens with one attached hydrogen (secondary N) is 1. The second kappa shape index (κ2) is 12.5. The smallest absolute Gasteiger partial charge is 0.330 e. The molecule has 0 aliphatic heterocycles. The van der Waals surface area contributed by atoms with Crippen LogP contribution >= 0.6 is 0 Å². The fourth-order valence-corrected chi connectivity index (χ4v) is 3.36. The normalized spacial score (nSPS) is 11.9. The first-order chi connectivity index (χ1) is 17.2. The van der Waals surface area contributed by atoms with Crippen LogP contribution in [0.3, 0.4) is 0 Å². The summed E-state index contributed by atoms with van der Waals surface area (Å²) < 4.78 is 16.5. The Morgan fingerprint density at radius 3 is 1.50 bits per heavy atom. The summed E-state index contributed by atoms with van der Waals surface area (Å²) in [4.78, 5) is 39.9. The summed E-state index contributed by atoms with van der Waals surface area (Å²) in [6, 6.07) is 25.5. The molecule has 0 amide bonds. The van der Waals surface area contributed by atoms with Crippen molar-refractivity contribution in [2.75, 3.05) is 5.32 Å². The predicted octanol–water partition coefficient (Wildman–Crippen LogP) is 4.91. The number of carbonyl (C=O) groups excluding carboxylic acids is 3. The molecule has 1 unspecified atom stereocenters. The van der Waals surface area contributed by atoms with Gasteiger partial charge in [-0.3, -0.25) is 9.59 Å². The van der Waals surface area contributed by atoms with Gasteiger partial charge in [-0.25, -0.2) is 4.79 Å². The first-order valence-corrected chi connectivity index (χ1v) is 11.7. The highest BCUT2D eigenvalue weighted by molar-refractivity contribution is 6.01. The van der Waals surface area contributed by atoms with E-state index in [-0.39, 0.29) is 13.2 Å². The molecule has 0 saturated carbocycles. The van der Waals surface area contributed by atoms with Gasteiger partial charge >= 0.3 is 17.9 Å². The van der Waals surface area contributed by atoms with Crippen molar-refractivity contribution in [1.82, 2.24) is 0 Å². The van der Waals surface area contributed by atoms with E-state index in [1.165, 1.54) is 0 Å². The van der Waals surface area contributed by atoms with Crippen LogP contribution in [0.5, 0.6) is 0 Å². The second-order valence-corrected chi connectivity index (χ2v) is 9.19. The van der Waals surface area contributed by atoms with E-state index in [4.69, 9.17) is 14.2 Å². The van der Waals surface area contributed by atoms with Crippen LogP contribution < -0.4 is 5.32 Å². The number of ether oxygens (including phenoxy) is 3. The fourth-order valence-electron chi connectivity index (χ4n) is 3.36. The molecule has 0 saturated heterocycles. The lowest BCUT2D eigenvalue weighted by atomic mass is 9.98. The van der Waals surface area contributed by atoms with Gasteiger partial charge in [0.15, 0.2) is 5.92 Å². The van der Waals surface area contributed by atoms with Crippen LogP contribution in [-0.4, -0.2) is 29.6 Å². The lowest BCUT2D eigenvalue weighted by molar-refractivity contribution is -0.172. The molecular formula is C29H31NO6. The molecular weight excluding hydrogens is 458 g/mol. The minimum absolute atomic E-state index is 0.0610. The summed E-state index contributed by atoms with van der Waals surface area (Å²) in [6.07, 6.45) is 0. The topological polar surface area (TPSA) is 90.9 Å². The highest BCUT2D eigenvalue weighted by atomic mass is 16.6. The van der Waals surface area contributed by atoms with Crippen molar-refractivity contribution in [3.8, 4) is 0 Å². The maximum atomic E-state index is 13.3. The lowest BCUT2D eigenvalue weighted by Gasteiger charge is -2.28. The van der Waals surface area contributed by atoms with Gasteiger partial charge in [0.1, 0.15) is 24.9 Å². The van der Waals surface area contributed by atoms with E-state index in [9.17, 15) is 14.4 Å². The Hall–Kier alpha value is -4.13. The van der Waals surface area contributed by atoms with Crippen molar-refractivity contribution in [1.29, 1.82) is 0 Å². The van der Waals surface area contributed by atoms with E-state index in [0.717, 1.165) is 11.1 Å². The lowest BCUT2D eigenvalue weighted by Crippen LogP contribution is -2.48. The Morgan fingerprint density at radius 2 is 1.08 bits per heavy atom. The largest absolute Gasteiger partial charge is 0.460 e. The maximum absolute atomic E-state index is 13.3. The third-order valence-electron chi connectivity index (χ3n) is 5.05. The van der Waals surface area contributed by atoms with Crippen molar-refractivity contribution in [3.05, 3.63) is 102 Å². The molecule has 0 aromatic heterocycles. The average Bonchev–Trinajstić information content (AvgIpc) is 2.86. The Morgan fingerprint density at radius 1 is 0.667 bits per heavy atom. The molecule has 0 aliphatic carbocycles. The average molecular weight is 490 g/mol. The molecule has 7 heteroatoms. The van der Waals surface area contributed by atoms with Gasteiger partial charge in [0.2, 0.25) is 0 Å². The molecule has 0 fully saturated rings. The number of hydrogen-bond acceptors (Lipinski definition) is 7. The number of carbonyl (C=O) groups is 3. The summed E-state index contributed by atoms with van der Waals surface area (Å²) in [6.45, 7) is 5.01. The number of esters is 3. The van der Waals surface area contributed by atoms with Gasteiger partial charge in [-0.1, -0.05) is 78.9 Å². The van der Waals surface area contributed by atoms with Gasteiger partial charge in [-0.15, -0.1) is 0 Å². The molecule has 0 spiro atoms. The Bertz CT molecular complexity index is 1070. The van der Waals surface area contributed by atoms with E-state index < -0.39 is 35.5 Å². The fraction of sp³-hybridized carbons (Fsp3) is 0.276. The third-order valence-corrected chi connectivity index (χ3v) is 5.05. The molecule has 0 radical (unpaired) electrons. The zero-order valence-corrected chi connectivity index (χ0v) is 20.7. The van der Waals surface area contributed by atoms with E-state index in [0.29, 0.717) is 5.69 Å². The number of benzene rings is 3. The molecule has 7 nitrogen and oxygen atoms in total. The highest BCUT2D eigenvalue weighted by Crippen LogP contribution is 2.21. The van der Waals surface area contributed by atoms with E-state index in [2.05, 4.69) is 5.32 Å². The third kappa shape index (κ3) is 8.27. The first kappa shape index (κ1) is 26.5. The van der Waals surface area contributed by atoms with Crippen LogP contribution in [0.1, 0.15) is 31.9 Å². The summed E-state index contributed by atoms with van der Waals surface area (Å²) in [5.74, 6) is -4.16. The summed E-state index contributed by atoms with van der Waals surface area (Å²) in [5, 5.41) is 2.98. The van der Waals surface area contributed by atoms with E-state index >= 15 is 0 Å². The molecule has 36 heavy (non-hydrogen) atoms. The van der Waals surface area contributed by atoms with Crippen molar-refractivity contribution in [2.24, 2.45) is 5.92 Å². The predicted molar refractivity (Wildman–Crippen MR) is 136 cm³/mol. The SMILES string of the molecule is CC(C)(C)OC(=O)C(Nc1ccccc1)C(C(=O)OCc1ccccc1)C(=O)OCc1ccccc1. The molecule has 0 heterocycles. The van der Waals surface area contributed by atoms with Crippen LogP contribution in [-0.2, 0) is 41.8 Å². The Labute approximate surface area is 211 Å². The van der Waals surface area contributed by atoms with Gasteiger partial charge in [0, 0.05) is 5.69 Å². The molecule has 3 aromatic carbocycles. The van der Waals surface area contributed by atoms with Gasteiger partial charge in [-0.2, -0.15) is 0 Å². The van der Waals surface area contributed by atoms with Crippen LogP contribution in [0.15, 0.2) is 91.0 Å². The molecule has 1 N–H and O–H groups in total. The first-order valence-electron chi connectivity index (χ1n) is 11.7. The Kier molecular flexibility index (Phi) is 9.22. The quantitative estimate of drug-likeness (QED) is 0.246. The van der Waals surface area contributed by atoms with Crippen molar-refractivity contribution in [3.63, 3.8) is 0 Å². The minimum Gasteiger partial charge on any atom is -0.460 e. The van der Waals surface area contributed by atoms with Crippen molar-refractivity contribution >= 4 is 23.6 Å². The molecule has 188 valence electrons. The molecule has 0 bridgehead atoms. The van der Waals surface area contributed by atoms with Crippen LogP contribution in [0.4, 0.5) is 5.69 Å². The van der Waals surface area contributed by atoms with Gasteiger partial charge in [-0.05, 0) is 44.0 Å². The number of para-hydroxylation sites is 1. The minimum atomic E-state index is -1.60. The van der Waals surface area contributed by atoms with E-state index in [1.807, 2.05) is 42.5 Å². The van der Waals surface area contributed by atoms with Crippen molar-refractivity contribution in [2.45, 2.75) is 45.6 Å². The summed E-state index contributed by atoms with van der Waals surface area (Å²) in [5.41, 5.74) is 1.17. The monoisotopic (exact) mass is 489 g/mol. The zero-order chi connectivity index (χ0) is 26.0. The van der Waals surface area contributed by atoms with Gasteiger partial charge < -0.3 is 19.5 Å². The molecule has 1 atom stereocenters. The van der Waals surface area contributed by atoms with Crippen LogP contribution in [0.2, 0.25) is 0 Å². The standard InChI is InChI=1S/C29H31NO6/c1-29(2,3)36-28(33)25(30-23-17-11-6-12-18-23)24(26(31)34-19-21-13-7-4-8-14-21)27(32)35-20-22-15-9-5-10-16-22/h4-18,24-25,30H,19-20H2,1-3H3. The van der Waals surface area contributed by atoms with Gasteiger partial charge in [0.25, 0.3) is 0 Å². The van der Waals surface area contributed by atoms with E-state index in [1.54, 1.807) is 69.3 Å². The number of hydrogen-bond donors (Lipinski definition) is 1. The van der Waals surface area contributed by atoms with Gasteiger partial charge in [0.05, 0.1) is 0 Å². The van der Waals surface area contributed by atoms with Crippen molar-refractivity contribution < 1.29 is 28.6 Å². The van der Waals surface area contributed by atoms with Crippen LogP contribution in [0, 0.1) is 5.92 Å². The molecule has 3 rings (SSSR count). The molecule has 3 aromatic rings. The highest BCUT2D eigenvalue weighted by Gasteiger charge is 2.44. The number of anilines is 1. The second-order valence-electron chi connectivity index (χ2n) is 9.19. The zero-order valence-electron chi connectivity index (χ0n) is 20.7. The molecule has 0 aliphatic rings. The summed E-state index contributed by atoms with van der Waals surface area (Å²) >= 11 is 0. The number of rotatable bonds is 10. The van der Waals surface area contributed by atoms with Crippen LogP contribution in [0.25, 0.3) is 0 Å². The summed E-state index contributed by atoms with van der Waals surface area (Å²) in [7, 11) is 0. The Balaban J connectivity index is 1.89.